The van der Waals surface area contributed by atoms with Crippen LogP contribution in [0.1, 0.15) is 31.1 Å². The van der Waals surface area contributed by atoms with Gasteiger partial charge >= 0.3 is 0 Å². The Morgan fingerprint density at radius 3 is 2.47 bits per heavy atom. The Labute approximate surface area is 97.8 Å². The van der Waals surface area contributed by atoms with E-state index < -0.39 is 27.9 Å². The Kier molecular flexibility index (Phi) is 3.45. The first kappa shape index (κ1) is 13.1. The normalized spacial score (nSPS) is 11.1. The van der Waals surface area contributed by atoms with E-state index >= 15 is 0 Å². The van der Waals surface area contributed by atoms with Gasteiger partial charge in [-0.15, -0.1) is 0 Å². The number of nitro groups is 1. The van der Waals surface area contributed by atoms with Gasteiger partial charge in [-0.1, -0.05) is 0 Å². The van der Waals surface area contributed by atoms with Gasteiger partial charge < -0.3 is 5.32 Å². The maximum atomic E-state index is 13.0. The number of halogens is 1. The predicted octanol–water partition coefficient (Wildman–Crippen LogP) is 2.26. The van der Waals surface area contributed by atoms with Gasteiger partial charge in [0, 0.05) is 11.6 Å². The number of amides is 1. The first-order valence-corrected chi connectivity index (χ1v) is 4.97. The van der Waals surface area contributed by atoms with Crippen molar-refractivity contribution in [1.82, 2.24) is 5.32 Å². The fourth-order valence-electron chi connectivity index (χ4n) is 1.26. The smallest absolute Gasteiger partial charge is 0.282 e. The Bertz CT molecular complexity index is 466. The largest absolute Gasteiger partial charge is 0.347 e. The maximum absolute atomic E-state index is 13.0. The molecule has 17 heavy (non-hydrogen) atoms. The van der Waals surface area contributed by atoms with Crippen LogP contribution in [0.25, 0.3) is 0 Å². The third kappa shape index (κ3) is 3.51. The lowest BCUT2D eigenvalue weighted by Crippen LogP contribution is -2.40. The summed E-state index contributed by atoms with van der Waals surface area (Å²) in [7, 11) is 0. The van der Waals surface area contributed by atoms with Crippen LogP contribution in [0.2, 0.25) is 0 Å². The molecule has 92 valence electrons. The monoisotopic (exact) mass is 240 g/mol. The van der Waals surface area contributed by atoms with Gasteiger partial charge in [-0.2, -0.15) is 0 Å². The van der Waals surface area contributed by atoms with Crippen molar-refractivity contribution < 1.29 is 14.1 Å². The van der Waals surface area contributed by atoms with E-state index in [1.54, 1.807) is 20.8 Å². The van der Waals surface area contributed by atoms with Crippen molar-refractivity contribution in [3.63, 3.8) is 0 Å². The van der Waals surface area contributed by atoms with Crippen LogP contribution in [0.5, 0.6) is 0 Å². The molecular weight excluding hydrogens is 227 g/mol. The predicted molar refractivity (Wildman–Crippen MR) is 60.3 cm³/mol. The van der Waals surface area contributed by atoms with E-state index in [-0.39, 0.29) is 5.56 Å². The minimum Gasteiger partial charge on any atom is -0.347 e. The van der Waals surface area contributed by atoms with Gasteiger partial charge in [0.1, 0.15) is 11.4 Å². The van der Waals surface area contributed by atoms with Crippen molar-refractivity contribution in [1.29, 1.82) is 0 Å². The minimum absolute atomic E-state index is 0.273. The van der Waals surface area contributed by atoms with Gasteiger partial charge in [-0.25, -0.2) is 4.39 Å². The number of carbonyl (C=O) groups is 1. The van der Waals surface area contributed by atoms with E-state index in [4.69, 9.17) is 0 Å². The van der Waals surface area contributed by atoms with Crippen LogP contribution in [0.4, 0.5) is 10.1 Å². The van der Waals surface area contributed by atoms with Gasteiger partial charge in [0.25, 0.3) is 11.6 Å². The summed E-state index contributed by atoms with van der Waals surface area (Å²) in [6, 6.07) is 2.79. The highest BCUT2D eigenvalue weighted by atomic mass is 19.1. The van der Waals surface area contributed by atoms with Crippen molar-refractivity contribution >= 4 is 11.6 Å². The summed E-state index contributed by atoms with van der Waals surface area (Å²) in [6.45, 7) is 5.20. The Hall–Kier alpha value is -1.98. The average Bonchev–Trinajstić information content (AvgIpc) is 2.14. The summed E-state index contributed by atoms with van der Waals surface area (Å²) in [5.74, 6) is -1.35. The highest BCUT2D eigenvalue weighted by molar-refractivity contribution is 5.98. The minimum atomic E-state index is -0.711. The number of hydrogen-bond acceptors (Lipinski definition) is 3. The van der Waals surface area contributed by atoms with Crippen molar-refractivity contribution in [2.45, 2.75) is 26.3 Å². The molecule has 0 aliphatic rings. The zero-order valence-electron chi connectivity index (χ0n) is 9.78. The summed E-state index contributed by atoms with van der Waals surface area (Å²) < 4.78 is 13.0. The molecule has 1 rings (SSSR count). The second kappa shape index (κ2) is 4.48. The lowest BCUT2D eigenvalue weighted by molar-refractivity contribution is -0.385. The molecule has 0 unspecified atom stereocenters. The number of benzene rings is 1. The third-order valence-electron chi connectivity index (χ3n) is 1.89. The average molecular weight is 240 g/mol. The van der Waals surface area contributed by atoms with Gasteiger partial charge in [-0.3, -0.25) is 14.9 Å². The van der Waals surface area contributed by atoms with E-state index in [1.807, 2.05) is 0 Å². The molecule has 0 saturated heterocycles. The quantitative estimate of drug-likeness (QED) is 0.636. The Morgan fingerprint density at radius 2 is 2.00 bits per heavy atom. The molecule has 1 amide bonds. The highest BCUT2D eigenvalue weighted by Gasteiger charge is 2.23. The van der Waals surface area contributed by atoms with Crippen LogP contribution in [0.15, 0.2) is 18.2 Å². The molecule has 0 aliphatic carbocycles. The topological polar surface area (TPSA) is 72.2 Å². The number of nitrogens with zero attached hydrogens (tertiary/aromatic N) is 1. The summed E-state index contributed by atoms with van der Waals surface area (Å²) >= 11 is 0. The molecule has 0 atom stereocenters. The number of hydrogen-bond donors (Lipinski definition) is 1. The molecule has 0 aliphatic heterocycles. The van der Waals surface area contributed by atoms with E-state index in [0.717, 1.165) is 18.2 Å². The second-order valence-electron chi connectivity index (χ2n) is 4.62. The van der Waals surface area contributed by atoms with Crippen LogP contribution < -0.4 is 5.32 Å². The molecule has 1 N–H and O–H groups in total. The Balaban J connectivity index is 3.16. The molecule has 6 heteroatoms. The molecular formula is C11H13FN2O3. The standard InChI is InChI=1S/C11H13FN2O3/c1-11(2,3)13-10(15)8-6-7(12)4-5-9(8)14(16)17/h4-6H,1-3H3,(H,13,15). The van der Waals surface area contributed by atoms with Crippen LogP contribution in [0.3, 0.4) is 0 Å². The van der Waals surface area contributed by atoms with Crippen molar-refractivity contribution in [2.75, 3.05) is 0 Å². The summed E-state index contributed by atoms with van der Waals surface area (Å²) in [6.07, 6.45) is 0. The van der Waals surface area contributed by atoms with Gasteiger partial charge in [0.2, 0.25) is 0 Å². The summed E-state index contributed by atoms with van der Waals surface area (Å²) in [5, 5.41) is 13.3. The number of rotatable bonds is 2. The van der Waals surface area contributed by atoms with Gasteiger partial charge in [0.15, 0.2) is 0 Å². The molecule has 0 fully saturated rings. The SMILES string of the molecule is CC(C)(C)NC(=O)c1cc(F)ccc1[N+](=O)[O-]. The summed E-state index contributed by atoms with van der Waals surface area (Å²) in [5.41, 5.74) is -1.23. The molecule has 1 aromatic carbocycles. The molecule has 5 nitrogen and oxygen atoms in total. The Morgan fingerprint density at radius 1 is 1.41 bits per heavy atom. The van der Waals surface area contributed by atoms with E-state index in [0.29, 0.717) is 0 Å². The second-order valence-corrected chi connectivity index (χ2v) is 4.62. The van der Waals surface area contributed by atoms with Crippen molar-refractivity contribution in [3.8, 4) is 0 Å². The number of nitrogens with one attached hydrogen (secondary N) is 1. The van der Waals surface area contributed by atoms with E-state index in [1.165, 1.54) is 0 Å². The first-order valence-electron chi connectivity index (χ1n) is 4.97. The number of nitro benzene ring substituents is 1. The van der Waals surface area contributed by atoms with Gasteiger partial charge in [0.05, 0.1) is 4.92 Å². The molecule has 0 bridgehead atoms. The van der Waals surface area contributed by atoms with Crippen molar-refractivity contribution in [3.05, 3.63) is 39.7 Å². The van der Waals surface area contributed by atoms with Crippen LogP contribution in [-0.2, 0) is 0 Å². The third-order valence-corrected chi connectivity index (χ3v) is 1.89. The highest BCUT2D eigenvalue weighted by Crippen LogP contribution is 2.20. The molecule has 0 radical (unpaired) electrons. The van der Waals surface area contributed by atoms with Gasteiger partial charge in [-0.05, 0) is 32.9 Å². The summed E-state index contributed by atoms with van der Waals surface area (Å²) in [4.78, 5) is 21.8. The molecule has 0 heterocycles. The van der Waals surface area contributed by atoms with Crippen molar-refractivity contribution in [2.24, 2.45) is 0 Å². The van der Waals surface area contributed by atoms with Crippen LogP contribution in [0, 0.1) is 15.9 Å². The van der Waals surface area contributed by atoms with E-state index in [9.17, 15) is 19.3 Å². The lowest BCUT2D eigenvalue weighted by Gasteiger charge is -2.20. The molecule has 1 aromatic rings. The van der Waals surface area contributed by atoms with Crippen LogP contribution >= 0.6 is 0 Å². The van der Waals surface area contributed by atoms with Crippen LogP contribution in [-0.4, -0.2) is 16.4 Å². The molecule has 0 aromatic heterocycles. The first-order chi connectivity index (χ1) is 7.70. The maximum Gasteiger partial charge on any atom is 0.282 e. The van der Waals surface area contributed by atoms with E-state index in [2.05, 4.69) is 5.32 Å². The number of carbonyl (C=O) groups excluding carboxylic acids is 1. The lowest BCUT2D eigenvalue weighted by atomic mass is 10.1. The zero-order chi connectivity index (χ0) is 13.2. The molecule has 0 saturated carbocycles. The fraction of sp³-hybridized carbons (Fsp3) is 0.364. The fourth-order valence-corrected chi connectivity index (χ4v) is 1.26. The zero-order valence-corrected chi connectivity index (χ0v) is 9.78. The molecule has 0 spiro atoms.